The van der Waals surface area contributed by atoms with Crippen LogP contribution in [0, 0.1) is 0 Å². The van der Waals surface area contributed by atoms with E-state index < -0.39 is 72.6 Å². The highest BCUT2D eigenvalue weighted by Crippen LogP contribution is 2.28. The van der Waals surface area contributed by atoms with Crippen LogP contribution in [0.3, 0.4) is 0 Å². The van der Waals surface area contributed by atoms with Gasteiger partial charge in [-0.05, 0) is 86.0 Å². The molecule has 2 rings (SSSR count). The average Bonchev–Trinajstić information content (AvgIpc) is 3.80. The Bertz CT molecular complexity index is 1170. The maximum atomic E-state index is 12.2. The Kier molecular flexibility index (Phi) is 48.3. The third kappa shape index (κ3) is 32.3. The van der Waals surface area contributed by atoms with Gasteiger partial charge >= 0.3 is 11.9 Å². The zero-order chi connectivity index (χ0) is 53.9. The summed E-state index contributed by atoms with van der Waals surface area (Å²) in [5.41, 5.74) is 9.32. The molecule has 2 aliphatic heterocycles. The smallest absolute Gasteiger partial charge is 0.339 e. The quantitative estimate of drug-likeness (QED) is 0.0263. The van der Waals surface area contributed by atoms with Gasteiger partial charge in [0.2, 0.25) is 0 Å². The second-order valence-corrected chi connectivity index (χ2v) is 16.8. The second-order valence-electron chi connectivity index (χ2n) is 16.8. The zero-order valence-corrected chi connectivity index (χ0v) is 44.4. The molecule has 0 aromatic heterocycles. The molecule has 0 aromatic carbocycles. The second kappa shape index (κ2) is 47.3. The zero-order valence-electron chi connectivity index (χ0n) is 44.4. The molecule has 8 atom stereocenters. The predicted octanol–water partition coefficient (Wildman–Crippen LogP) is -5.69. The lowest BCUT2D eigenvalue weighted by Crippen LogP contribution is -2.55. The molecule has 2 aliphatic rings. The number of rotatable bonds is 35. The van der Waals surface area contributed by atoms with Crippen molar-refractivity contribution in [3.63, 3.8) is 0 Å². The van der Waals surface area contributed by atoms with Crippen molar-refractivity contribution in [2.45, 2.75) is 122 Å². The first-order chi connectivity index (χ1) is 33.5. The topological polar surface area (TPSA) is 355 Å². The van der Waals surface area contributed by atoms with Crippen LogP contribution in [-0.2, 0) is 28.7 Å². The molecule has 0 bridgehead atoms. The minimum absolute atomic E-state index is 0.248. The lowest BCUT2D eigenvalue weighted by atomic mass is 10.0. The number of hydrogen-bond acceptors (Lipinski definition) is 21. The molecule has 17 N–H and O–H groups in total. The molecule has 2 fully saturated rings. The number of unbranched alkanes of at least 4 members (excludes halogenated alkanes) is 1. The molecule has 2 heterocycles. The summed E-state index contributed by atoms with van der Waals surface area (Å²) in [6, 6.07) is 0. The van der Waals surface area contributed by atoms with Gasteiger partial charge < -0.3 is 98.0 Å². The van der Waals surface area contributed by atoms with E-state index in [1.807, 2.05) is 21.1 Å². The predicted molar refractivity (Wildman–Crippen MR) is 270 cm³/mol. The summed E-state index contributed by atoms with van der Waals surface area (Å²) in [5, 5.41) is 79.9. The van der Waals surface area contributed by atoms with Crippen molar-refractivity contribution in [1.82, 2.24) is 46.2 Å². The third-order valence-electron chi connectivity index (χ3n) is 10.9. The molecule has 70 heavy (non-hydrogen) atoms. The van der Waals surface area contributed by atoms with E-state index in [1.54, 1.807) is 0 Å². The molecule has 418 valence electrons. The monoisotopic (exact) mass is 1020 g/mol. The van der Waals surface area contributed by atoms with Gasteiger partial charge in [-0.1, -0.05) is 41.0 Å². The van der Waals surface area contributed by atoms with Gasteiger partial charge in [0.25, 0.3) is 11.8 Å². The van der Waals surface area contributed by atoms with Crippen molar-refractivity contribution in [3.8, 4) is 0 Å². The Morgan fingerprint density at radius 2 is 0.857 bits per heavy atom. The van der Waals surface area contributed by atoms with Crippen molar-refractivity contribution in [2.75, 3.05) is 153 Å². The van der Waals surface area contributed by atoms with Crippen LogP contribution in [0.15, 0.2) is 0 Å². The highest BCUT2D eigenvalue weighted by molar-refractivity contribution is 5.85. The average molecular weight is 1020 g/mol. The summed E-state index contributed by atoms with van der Waals surface area (Å²) in [6.07, 6.45) is -6.49. The lowest BCUT2D eigenvalue weighted by Gasteiger charge is -2.26. The van der Waals surface area contributed by atoms with Crippen molar-refractivity contribution in [2.24, 2.45) is 5.73 Å². The lowest BCUT2D eigenvalue weighted by molar-refractivity contribution is -0.368. The minimum atomic E-state index is -2.02. The first-order valence-corrected chi connectivity index (χ1v) is 25.4. The molecule has 0 aromatic rings. The molecule has 24 nitrogen and oxygen atoms in total. The third-order valence-corrected chi connectivity index (χ3v) is 10.9. The molecule has 2 amide bonds. The Hall–Kier alpha value is -2.76. The van der Waals surface area contributed by atoms with Crippen LogP contribution in [0.4, 0.5) is 0 Å². The number of quaternary nitrogens is 1. The maximum Gasteiger partial charge on any atom is 0.339 e. The summed E-state index contributed by atoms with van der Waals surface area (Å²) in [6.45, 7) is 27.3. The molecule has 0 radical (unpaired) electrons. The van der Waals surface area contributed by atoms with Gasteiger partial charge in [-0.25, -0.2) is 9.59 Å². The first-order valence-electron chi connectivity index (χ1n) is 25.4. The van der Waals surface area contributed by atoms with Crippen molar-refractivity contribution in [3.05, 3.63) is 0 Å². The number of aliphatic hydroxyl groups excluding tert-OH is 7. The number of ether oxygens (including phenoxy) is 2. The fourth-order valence-electron chi connectivity index (χ4n) is 7.07. The van der Waals surface area contributed by atoms with E-state index in [4.69, 9.17) is 21.1 Å². The normalized spacial score (nSPS) is 18.7. The van der Waals surface area contributed by atoms with Gasteiger partial charge in [-0.15, -0.1) is 0 Å². The van der Waals surface area contributed by atoms with Crippen LogP contribution in [0.2, 0.25) is 0 Å². The van der Waals surface area contributed by atoms with E-state index in [2.05, 4.69) is 96.0 Å². The number of esters is 2. The number of carbonyl (C=O) groups is 4. The fourth-order valence-corrected chi connectivity index (χ4v) is 7.07. The Morgan fingerprint density at radius 3 is 1.16 bits per heavy atom. The maximum absolute atomic E-state index is 12.2. The summed E-state index contributed by atoms with van der Waals surface area (Å²) in [7, 11) is 6.83. The largest absolute Gasteiger partial charge is 0.453 e. The van der Waals surface area contributed by atoms with E-state index >= 15 is 0 Å². The van der Waals surface area contributed by atoms with Crippen molar-refractivity contribution in [1.29, 1.82) is 0 Å². The molecular weight excluding hydrogens is 915 g/mol. The summed E-state index contributed by atoms with van der Waals surface area (Å²) < 4.78 is 8.99. The number of amides is 2. The van der Waals surface area contributed by atoms with Crippen molar-refractivity contribution < 1.29 is 70.1 Å². The number of nitrogens with zero attached hydrogens (tertiary/aromatic N) is 4. The van der Waals surface area contributed by atoms with Gasteiger partial charge in [0.1, 0.15) is 12.2 Å². The van der Waals surface area contributed by atoms with Crippen LogP contribution in [-0.4, -0.2) is 281 Å². The Labute approximate surface area is 419 Å². The summed E-state index contributed by atoms with van der Waals surface area (Å²) in [5.74, 6) is -3.48. The number of likely N-dealkylation sites (N-methyl/N-ethyl adjacent to an activating group) is 3. The van der Waals surface area contributed by atoms with E-state index in [-0.39, 0.29) is 13.1 Å². The van der Waals surface area contributed by atoms with Crippen LogP contribution < -0.4 is 38.1 Å². The Balaban J connectivity index is -0.00000100. The number of aliphatic hydroxyl groups is 7. The van der Waals surface area contributed by atoms with Gasteiger partial charge in [-0.3, -0.25) is 14.5 Å². The van der Waals surface area contributed by atoms with Crippen LogP contribution in [0.5, 0.6) is 0 Å². The number of carbonyl (C=O) groups excluding carboxylic acids is 4. The molecule has 0 spiro atoms. The van der Waals surface area contributed by atoms with Gasteiger partial charge in [0, 0.05) is 92.2 Å². The molecule has 0 saturated carbocycles. The standard InChI is InChI=1S/C23H49N5O6.2C8H21N3.C6H6O6.CH4O/c1-5-8-14-27(12-6-2)16-10-25-22(33)20(31)18(29)19(30)21(32)23(34)26-11-17-28(13-7-3)15-9-24-4;2*1-3-6-11(7-4-9)8-5-10-2;7-1-3-4(12-5(1)9)2(8)6(10)11-3;1-2/h18-21,24,29-32H,5-17H2,1-4H3,(H,25,33)(H,26,34);2*10H,3-9H2,1-2H3;1-4,7-8H;2H,1H3/p+1/t18-,19-,20-,21+;;;1-,2+,3-,4-;/m1..1./s1. The first kappa shape index (κ1) is 71.5. The molecule has 0 unspecified atom stereocenters. The van der Waals surface area contributed by atoms with Crippen LogP contribution in [0.25, 0.3) is 0 Å². The Morgan fingerprint density at radius 1 is 0.543 bits per heavy atom. The van der Waals surface area contributed by atoms with Gasteiger partial charge in [0.05, 0.1) is 6.54 Å². The summed E-state index contributed by atoms with van der Waals surface area (Å²) >= 11 is 0. The van der Waals surface area contributed by atoms with E-state index in [1.165, 1.54) is 25.9 Å². The van der Waals surface area contributed by atoms with Crippen LogP contribution in [0.1, 0.15) is 73.1 Å². The minimum Gasteiger partial charge on any atom is -0.453 e. The van der Waals surface area contributed by atoms with E-state index in [9.17, 15) is 39.6 Å². The van der Waals surface area contributed by atoms with Gasteiger partial charge in [0.15, 0.2) is 36.6 Å². The number of nitrogens with one attached hydrogen (secondary N) is 5. The highest BCUT2D eigenvalue weighted by Gasteiger charge is 2.57. The number of hydrogen-bond donors (Lipinski definition) is 14. The molecule has 0 aliphatic carbocycles. The van der Waals surface area contributed by atoms with E-state index in [0.717, 1.165) is 118 Å². The molecular formula is C46H102N11O13+. The highest BCUT2D eigenvalue weighted by atomic mass is 16.7. The summed E-state index contributed by atoms with van der Waals surface area (Å²) in [4.78, 5) is 54.9. The SMILES string of the molecule is CCCCN(CCC)CCNC(=O)[C@H](O)[C@H](O)[C@@H](O)[C@H](O)C(=O)NCCN(CCC)CCNC.CCCN(CCN)CCNC.CCCN(CC[NH3+])CCNC.CO.O=C1O[C@H]2[C@H](OC(=O)[C@@H]2O)[C@@H]1O. The molecule has 2 saturated heterocycles. The van der Waals surface area contributed by atoms with Crippen LogP contribution >= 0.6 is 0 Å². The number of fused-ring (bicyclic) bond motifs is 1. The van der Waals surface area contributed by atoms with E-state index in [0.29, 0.717) is 13.1 Å². The molecule has 24 heteroatoms. The van der Waals surface area contributed by atoms with Crippen molar-refractivity contribution >= 4 is 23.8 Å². The van der Waals surface area contributed by atoms with Gasteiger partial charge in [-0.2, -0.15) is 0 Å². The fraction of sp³-hybridized carbons (Fsp3) is 0.913. The number of nitrogens with two attached hydrogens (primary N) is 1.